The molecule has 2 heterocycles. The molecule has 0 aliphatic carbocycles. The number of anilines is 3. The molecule has 2 amide bonds. The Morgan fingerprint density at radius 3 is 2.29 bits per heavy atom. The lowest BCUT2D eigenvalue weighted by Crippen LogP contribution is -2.37. The molecule has 0 atom stereocenters. The Balaban J connectivity index is 1.68. The number of methoxy groups -OCH3 is 1. The number of nitrogens with zero attached hydrogens (tertiary/aromatic N) is 3. The predicted octanol–water partition coefficient (Wildman–Crippen LogP) is 4.50. The Morgan fingerprint density at radius 2 is 1.56 bits per heavy atom. The van der Waals surface area contributed by atoms with Crippen molar-refractivity contribution in [3.63, 3.8) is 0 Å². The third kappa shape index (κ3) is 3.52. The smallest absolute Gasteiger partial charge is 0.282 e. The quantitative estimate of drug-likeness (QED) is 0.533. The number of fused-ring (bicyclic) bond motifs is 1. The number of amides is 2. The number of imide groups is 1. The zero-order valence-corrected chi connectivity index (χ0v) is 19.6. The third-order valence-electron chi connectivity index (χ3n) is 6.44. The Morgan fingerprint density at radius 1 is 0.853 bits per heavy atom. The standard InChI is InChI=1S/C28H27N3O3/c1-29(2)20-14-16-21(17-15-20)31-27(32)25(22-11-5-7-13-24(22)34-3)26(28(31)33)30-18-8-10-19-9-4-6-12-23(19)30/h4-7,9,11-17H,8,10,18H2,1-3H3. The van der Waals surface area contributed by atoms with E-state index < -0.39 is 0 Å². The van der Waals surface area contributed by atoms with E-state index in [0.717, 1.165) is 24.2 Å². The molecular weight excluding hydrogens is 426 g/mol. The normalized spacial score (nSPS) is 15.6. The molecular formula is C28H27N3O3. The molecule has 2 aliphatic rings. The lowest BCUT2D eigenvalue weighted by Gasteiger charge is -2.32. The van der Waals surface area contributed by atoms with E-state index in [9.17, 15) is 9.59 Å². The van der Waals surface area contributed by atoms with Gasteiger partial charge in [0, 0.05) is 37.6 Å². The van der Waals surface area contributed by atoms with Gasteiger partial charge in [0.25, 0.3) is 11.8 Å². The number of hydrogen-bond acceptors (Lipinski definition) is 5. The van der Waals surface area contributed by atoms with Gasteiger partial charge in [-0.2, -0.15) is 0 Å². The SMILES string of the molecule is COc1ccccc1C1=C(N2CCCc3ccccc32)C(=O)N(c2ccc(N(C)C)cc2)C1=O. The van der Waals surface area contributed by atoms with E-state index in [1.807, 2.05) is 90.6 Å². The molecule has 0 aromatic heterocycles. The first kappa shape index (κ1) is 21.8. The minimum atomic E-state index is -0.342. The average Bonchev–Trinajstić information content (AvgIpc) is 3.13. The minimum Gasteiger partial charge on any atom is -0.496 e. The molecule has 0 bridgehead atoms. The van der Waals surface area contributed by atoms with E-state index in [4.69, 9.17) is 4.74 Å². The van der Waals surface area contributed by atoms with Crippen LogP contribution in [-0.4, -0.2) is 39.6 Å². The van der Waals surface area contributed by atoms with Crippen LogP contribution in [0.15, 0.2) is 78.5 Å². The molecule has 0 spiro atoms. The summed E-state index contributed by atoms with van der Waals surface area (Å²) in [4.78, 5) is 33.2. The number of ether oxygens (including phenoxy) is 1. The Hall–Kier alpha value is -4.06. The van der Waals surface area contributed by atoms with Crippen LogP contribution in [0.4, 0.5) is 17.1 Å². The van der Waals surface area contributed by atoms with E-state index >= 15 is 0 Å². The molecule has 3 aromatic rings. The fourth-order valence-corrected chi connectivity index (χ4v) is 4.76. The van der Waals surface area contributed by atoms with Crippen LogP contribution in [0.5, 0.6) is 5.75 Å². The van der Waals surface area contributed by atoms with Crippen molar-refractivity contribution >= 4 is 34.4 Å². The highest BCUT2D eigenvalue weighted by atomic mass is 16.5. The van der Waals surface area contributed by atoms with Gasteiger partial charge in [-0.3, -0.25) is 9.59 Å². The largest absolute Gasteiger partial charge is 0.496 e. The van der Waals surface area contributed by atoms with Gasteiger partial charge in [-0.1, -0.05) is 36.4 Å². The van der Waals surface area contributed by atoms with Crippen molar-refractivity contribution in [2.45, 2.75) is 12.8 Å². The minimum absolute atomic E-state index is 0.319. The summed E-state index contributed by atoms with van der Waals surface area (Å²) < 4.78 is 5.59. The number of carbonyl (C=O) groups excluding carboxylic acids is 2. The summed E-state index contributed by atoms with van der Waals surface area (Å²) in [6.45, 7) is 0.664. The first-order chi connectivity index (χ1) is 16.5. The van der Waals surface area contributed by atoms with Crippen LogP contribution >= 0.6 is 0 Å². The van der Waals surface area contributed by atoms with Crippen molar-refractivity contribution in [1.82, 2.24) is 0 Å². The summed E-state index contributed by atoms with van der Waals surface area (Å²) in [5.41, 5.74) is 5.08. The molecule has 0 saturated carbocycles. The number of aryl methyl sites for hydroxylation is 1. The van der Waals surface area contributed by atoms with Gasteiger partial charge in [0.2, 0.25) is 0 Å². The summed E-state index contributed by atoms with van der Waals surface area (Å²) in [6, 6.07) is 22.9. The summed E-state index contributed by atoms with van der Waals surface area (Å²) in [5.74, 6) is -0.100. The number of para-hydroxylation sites is 2. The van der Waals surface area contributed by atoms with Gasteiger partial charge in [0.05, 0.1) is 18.4 Å². The summed E-state index contributed by atoms with van der Waals surface area (Å²) in [7, 11) is 5.48. The highest BCUT2D eigenvalue weighted by Crippen LogP contribution is 2.41. The van der Waals surface area contributed by atoms with Crippen molar-refractivity contribution in [1.29, 1.82) is 0 Å². The zero-order valence-electron chi connectivity index (χ0n) is 19.6. The van der Waals surface area contributed by atoms with E-state index in [1.54, 1.807) is 7.11 Å². The molecule has 2 aliphatic heterocycles. The Labute approximate surface area is 199 Å². The molecule has 0 saturated heterocycles. The Kier molecular flexibility index (Phi) is 5.57. The number of hydrogen-bond donors (Lipinski definition) is 0. The number of carbonyl (C=O) groups is 2. The third-order valence-corrected chi connectivity index (χ3v) is 6.44. The van der Waals surface area contributed by atoms with Crippen LogP contribution < -0.4 is 19.4 Å². The molecule has 34 heavy (non-hydrogen) atoms. The lowest BCUT2D eigenvalue weighted by atomic mass is 9.98. The zero-order chi connectivity index (χ0) is 23.8. The lowest BCUT2D eigenvalue weighted by molar-refractivity contribution is -0.120. The topological polar surface area (TPSA) is 53.1 Å². The molecule has 6 heteroatoms. The van der Waals surface area contributed by atoms with Crippen molar-refractivity contribution in [3.8, 4) is 5.75 Å². The van der Waals surface area contributed by atoms with Crippen LogP contribution in [0, 0.1) is 0 Å². The van der Waals surface area contributed by atoms with Gasteiger partial charge < -0.3 is 14.5 Å². The molecule has 0 N–H and O–H groups in total. The van der Waals surface area contributed by atoms with Gasteiger partial charge in [0.1, 0.15) is 11.4 Å². The van der Waals surface area contributed by atoms with E-state index in [1.165, 1.54) is 10.5 Å². The van der Waals surface area contributed by atoms with Crippen molar-refractivity contribution in [2.75, 3.05) is 42.4 Å². The van der Waals surface area contributed by atoms with Crippen LogP contribution in [0.25, 0.3) is 5.57 Å². The van der Waals surface area contributed by atoms with Gasteiger partial charge >= 0.3 is 0 Å². The fourth-order valence-electron chi connectivity index (χ4n) is 4.76. The first-order valence-electron chi connectivity index (χ1n) is 11.4. The van der Waals surface area contributed by atoms with Crippen LogP contribution in [-0.2, 0) is 16.0 Å². The monoisotopic (exact) mass is 453 g/mol. The van der Waals surface area contributed by atoms with Gasteiger partial charge in [-0.15, -0.1) is 0 Å². The van der Waals surface area contributed by atoms with Crippen LogP contribution in [0.2, 0.25) is 0 Å². The van der Waals surface area contributed by atoms with E-state index in [2.05, 4.69) is 6.07 Å². The number of benzene rings is 3. The van der Waals surface area contributed by atoms with Gasteiger partial charge in [-0.05, 0) is 54.8 Å². The predicted molar refractivity (Wildman–Crippen MR) is 135 cm³/mol. The molecule has 0 radical (unpaired) electrons. The van der Waals surface area contributed by atoms with E-state index in [0.29, 0.717) is 34.8 Å². The highest BCUT2D eigenvalue weighted by Gasteiger charge is 2.44. The molecule has 6 nitrogen and oxygen atoms in total. The van der Waals surface area contributed by atoms with Crippen LogP contribution in [0.1, 0.15) is 17.5 Å². The second-order valence-electron chi connectivity index (χ2n) is 8.66. The van der Waals surface area contributed by atoms with Gasteiger partial charge in [-0.25, -0.2) is 4.90 Å². The summed E-state index contributed by atoms with van der Waals surface area (Å²) in [5, 5.41) is 0. The molecule has 5 rings (SSSR count). The van der Waals surface area contributed by atoms with E-state index in [-0.39, 0.29) is 11.8 Å². The van der Waals surface area contributed by atoms with Gasteiger partial charge in [0.15, 0.2) is 0 Å². The van der Waals surface area contributed by atoms with Crippen LogP contribution in [0.3, 0.4) is 0 Å². The van der Waals surface area contributed by atoms with Crippen molar-refractivity contribution in [2.24, 2.45) is 0 Å². The maximum absolute atomic E-state index is 14.0. The first-order valence-corrected chi connectivity index (χ1v) is 11.4. The highest BCUT2D eigenvalue weighted by molar-refractivity contribution is 6.46. The summed E-state index contributed by atoms with van der Waals surface area (Å²) in [6.07, 6.45) is 1.85. The molecule has 0 fully saturated rings. The summed E-state index contributed by atoms with van der Waals surface area (Å²) >= 11 is 0. The van der Waals surface area contributed by atoms with Crippen molar-refractivity contribution < 1.29 is 14.3 Å². The molecule has 3 aromatic carbocycles. The maximum Gasteiger partial charge on any atom is 0.282 e. The Bertz CT molecular complexity index is 1290. The number of rotatable bonds is 5. The average molecular weight is 454 g/mol. The molecule has 172 valence electrons. The second-order valence-corrected chi connectivity index (χ2v) is 8.66. The molecule has 0 unspecified atom stereocenters. The van der Waals surface area contributed by atoms with Crippen molar-refractivity contribution in [3.05, 3.63) is 89.6 Å². The fraction of sp³-hybridized carbons (Fsp3) is 0.214. The maximum atomic E-state index is 14.0. The second kappa shape index (κ2) is 8.71.